The zero-order chi connectivity index (χ0) is 18.2. The van der Waals surface area contributed by atoms with Crippen molar-refractivity contribution in [3.8, 4) is 5.75 Å². The lowest BCUT2D eigenvalue weighted by atomic mass is 10.0. The van der Waals surface area contributed by atoms with Crippen LogP contribution in [0.15, 0.2) is 48.5 Å². The van der Waals surface area contributed by atoms with E-state index in [0.717, 1.165) is 5.69 Å². The number of carbonyl (C=O) groups is 1. The standard InChI is InChI=1S/C21H28N2O2/c1-15(2)17-9-5-6-10-18(17)22-14-13-21(24)23-19-11-7-8-12-20(19)25-16(3)4/h5-12,15-16,22H,13-14H2,1-4H3,(H,23,24). The van der Waals surface area contributed by atoms with Crippen LogP contribution in [0.1, 0.15) is 45.6 Å². The van der Waals surface area contributed by atoms with Gasteiger partial charge in [0.1, 0.15) is 5.75 Å². The molecule has 0 aliphatic heterocycles. The van der Waals surface area contributed by atoms with Crippen LogP contribution in [-0.2, 0) is 4.79 Å². The van der Waals surface area contributed by atoms with Gasteiger partial charge in [-0.3, -0.25) is 4.79 Å². The molecule has 0 unspecified atom stereocenters. The summed E-state index contributed by atoms with van der Waals surface area (Å²) in [6.45, 7) is 8.85. The van der Waals surface area contributed by atoms with Crippen LogP contribution < -0.4 is 15.4 Å². The highest BCUT2D eigenvalue weighted by Gasteiger charge is 2.10. The van der Waals surface area contributed by atoms with Gasteiger partial charge in [-0.05, 0) is 43.5 Å². The van der Waals surface area contributed by atoms with Gasteiger partial charge >= 0.3 is 0 Å². The molecule has 134 valence electrons. The summed E-state index contributed by atoms with van der Waals surface area (Å²) in [5, 5.41) is 6.30. The monoisotopic (exact) mass is 340 g/mol. The van der Waals surface area contributed by atoms with E-state index in [1.165, 1.54) is 5.56 Å². The molecule has 2 aromatic rings. The van der Waals surface area contributed by atoms with Crippen LogP contribution in [0.2, 0.25) is 0 Å². The van der Waals surface area contributed by atoms with Gasteiger partial charge in [0, 0.05) is 18.7 Å². The second kappa shape index (κ2) is 9.11. The first-order valence-electron chi connectivity index (χ1n) is 8.85. The van der Waals surface area contributed by atoms with Crippen LogP contribution in [0.3, 0.4) is 0 Å². The predicted molar refractivity (Wildman–Crippen MR) is 104 cm³/mol. The van der Waals surface area contributed by atoms with Crippen molar-refractivity contribution in [3.05, 3.63) is 54.1 Å². The van der Waals surface area contributed by atoms with E-state index in [2.05, 4.69) is 36.6 Å². The van der Waals surface area contributed by atoms with Crippen molar-refractivity contribution in [2.75, 3.05) is 17.2 Å². The number of para-hydroxylation sites is 3. The summed E-state index contributed by atoms with van der Waals surface area (Å²) in [7, 11) is 0. The molecule has 0 saturated heterocycles. The zero-order valence-corrected chi connectivity index (χ0v) is 15.5. The number of hydrogen-bond donors (Lipinski definition) is 2. The summed E-state index contributed by atoms with van der Waals surface area (Å²) in [5.41, 5.74) is 3.07. The van der Waals surface area contributed by atoms with Crippen molar-refractivity contribution in [2.45, 2.75) is 46.1 Å². The van der Waals surface area contributed by atoms with Gasteiger partial charge in [0.25, 0.3) is 0 Å². The van der Waals surface area contributed by atoms with Gasteiger partial charge in [0.05, 0.1) is 11.8 Å². The number of anilines is 2. The third kappa shape index (κ3) is 5.82. The maximum atomic E-state index is 12.3. The molecule has 0 spiro atoms. The highest BCUT2D eigenvalue weighted by atomic mass is 16.5. The van der Waals surface area contributed by atoms with Crippen LogP contribution in [0, 0.1) is 0 Å². The second-order valence-corrected chi connectivity index (χ2v) is 6.63. The van der Waals surface area contributed by atoms with Crippen molar-refractivity contribution in [1.82, 2.24) is 0 Å². The normalized spacial score (nSPS) is 10.8. The number of rotatable bonds is 8. The molecule has 0 saturated carbocycles. The molecule has 0 aromatic heterocycles. The second-order valence-electron chi connectivity index (χ2n) is 6.63. The van der Waals surface area contributed by atoms with Crippen molar-refractivity contribution in [2.24, 2.45) is 0 Å². The van der Waals surface area contributed by atoms with E-state index >= 15 is 0 Å². The molecule has 0 aliphatic rings. The van der Waals surface area contributed by atoms with E-state index in [9.17, 15) is 4.79 Å². The fourth-order valence-electron chi connectivity index (χ4n) is 2.61. The van der Waals surface area contributed by atoms with Crippen LogP contribution in [0.25, 0.3) is 0 Å². The van der Waals surface area contributed by atoms with Crippen molar-refractivity contribution in [3.63, 3.8) is 0 Å². The van der Waals surface area contributed by atoms with E-state index in [4.69, 9.17) is 4.74 Å². The van der Waals surface area contributed by atoms with Crippen LogP contribution in [0.4, 0.5) is 11.4 Å². The quantitative estimate of drug-likeness (QED) is 0.708. The molecule has 2 N–H and O–H groups in total. The highest BCUT2D eigenvalue weighted by Crippen LogP contribution is 2.25. The lowest BCUT2D eigenvalue weighted by Gasteiger charge is -2.16. The molecule has 0 fully saturated rings. The summed E-state index contributed by atoms with van der Waals surface area (Å²) in [6.07, 6.45) is 0.454. The van der Waals surface area contributed by atoms with E-state index in [0.29, 0.717) is 30.3 Å². The molecule has 2 rings (SSSR count). The van der Waals surface area contributed by atoms with Gasteiger partial charge in [-0.15, -0.1) is 0 Å². The lowest BCUT2D eigenvalue weighted by Crippen LogP contribution is -2.18. The topological polar surface area (TPSA) is 50.4 Å². The van der Waals surface area contributed by atoms with Gasteiger partial charge in [-0.25, -0.2) is 0 Å². The average Bonchev–Trinajstić information content (AvgIpc) is 2.56. The predicted octanol–water partition coefficient (Wildman–Crippen LogP) is 5.04. The summed E-state index contributed by atoms with van der Waals surface area (Å²) >= 11 is 0. The minimum Gasteiger partial charge on any atom is -0.489 e. The Labute approximate surface area is 150 Å². The molecule has 1 amide bonds. The molecule has 0 bridgehead atoms. The first kappa shape index (κ1) is 18.8. The molecule has 4 nitrogen and oxygen atoms in total. The third-order valence-corrected chi connectivity index (χ3v) is 3.77. The van der Waals surface area contributed by atoms with Crippen molar-refractivity contribution >= 4 is 17.3 Å². The maximum absolute atomic E-state index is 12.3. The van der Waals surface area contributed by atoms with Gasteiger partial charge in [-0.2, -0.15) is 0 Å². The van der Waals surface area contributed by atoms with E-state index in [1.54, 1.807) is 0 Å². The minimum absolute atomic E-state index is 0.0330. The third-order valence-electron chi connectivity index (χ3n) is 3.77. The largest absolute Gasteiger partial charge is 0.489 e. The molecule has 0 atom stereocenters. The molecule has 0 aliphatic carbocycles. The van der Waals surface area contributed by atoms with Gasteiger partial charge < -0.3 is 15.4 Å². The Morgan fingerprint density at radius 2 is 1.60 bits per heavy atom. The first-order chi connectivity index (χ1) is 12.0. The number of amides is 1. The molecular weight excluding hydrogens is 312 g/mol. The molecule has 25 heavy (non-hydrogen) atoms. The first-order valence-corrected chi connectivity index (χ1v) is 8.85. The number of carbonyl (C=O) groups excluding carboxylic acids is 1. The van der Waals surface area contributed by atoms with Crippen molar-refractivity contribution < 1.29 is 9.53 Å². The Morgan fingerprint density at radius 3 is 2.28 bits per heavy atom. The van der Waals surface area contributed by atoms with Crippen LogP contribution in [-0.4, -0.2) is 18.6 Å². The van der Waals surface area contributed by atoms with Gasteiger partial charge in [0.2, 0.25) is 5.91 Å². The summed E-state index contributed by atoms with van der Waals surface area (Å²) in [6, 6.07) is 15.7. The number of nitrogens with one attached hydrogen (secondary N) is 2. The summed E-state index contributed by atoms with van der Waals surface area (Å²) in [5.74, 6) is 1.11. The molecule has 4 heteroatoms. The van der Waals surface area contributed by atoms with E-state index in [1.807, 2.05) is 50.2 Å². The minimum atomic E-state index is -0.0330. The maximum Gasteiger partial charge on any atom is 0.226 e. The lowest BCUT2D eigenvalue weighted by molar-refractivity contribution is -0.116. The Balaban J connectivity index is 1.90. The van der Waals surface area contributed by atoms with E-state index < -0.39 is 0 Å². The SMILES string of the molecule is CC(C)Oc1ccccc1NC(=O)CCNc1ccccc1C(C)C. The van der Waals surface area contributed by atoms with Gasteiger partial charge in [-0.1, -0.05) is 44.2 Å². The fourth-order valence-corrected chi connectivity index (χ4v) is 2.61. The Hall–Kier alpha value is -2.49. The van der Waals surface area contributed by atoms with Crippen molar-refractivity contribution in [1.29, 1.82) is 0 Å². The Bertz CT molecular complexity index is 696. The number of ether oxygens (including phenoxy) is 1. The zero-order valence-electron chi connectivity index (χ0n) is 15.5. The highest BCUT2D eigenvalue weighted by molar-refractivity contribution is 5.92. The summed E-state index contributed by atoms with van der Waals surface area (Å²) in [4.78, 5) is 12.3. The molecule has 2 aromatic carbocycles. The number of hydrogen-bond acceptors (Lipinski definition) is 3. The van der Waals surface area contributed by atoms with Crippen LogP contribution >= 0.6 is 0 Å². The van der Waals surface area contributed by atoms with E-state index in [-0.39, 0.29) is 12.0 Å². The smallest absolute Gasteiger partial charge is 0.226 e. The summed E-state index contributed by atoms with van der Waals surface area (Å²) < 4.78 is 5.73. The Morgan fingerprint density at radius 1 is 0.960 bits per heavy atom. The average molecular weight is 340 g/mol. The number of benzene rings is 2. The van der Waals surface area contributed by atoms with Gasteiger partial charge in [0.15, 0.2) is 0 Å². The Kier molecular flexibility index (Phi) is 6.87. The molecule has 0 radical (unpaired) electrons. The fraction of sp³-hybridized carbons (Fsp3) is 0.381. The van der Waals surface area contributed by atoms with Crippen LogP contribution in [0.5, 0.6) is 5.75 Å². The molecular formula is C21H28N2O2. The molecule has 0 heterocycles.